The van der Waals surface area contributed by atoms with Crippen molar-refractivity contribution < 1.29 is 4.39 Å². The van der Waals surface area contributed by atoms with Gasteiger partial charge in [0.15, 0.2) is 0 Å². The molecule has 0 aliphatic rings. The Morgan fingerprint density at radius 1 is 1.35 bits per heavy atom. The summed E-state index contributed by atoms with van der Waals surface area (Å²) in [7, 11) is 0. The van der Waals surface area contributed by atoms with Gasteiger partial charge in [0.1, 0.15) is 5.82 Å². The van der Waals surface area contributed by atoms with Gasteiger partial charge >= 0.3 is 0 Å². The molecule has 0 fully saturated rings. The van der Waals surface area contributed by atoms with E-state index in [1.807, 2.05) is 11.4 Å². The third-order valence-corrected chi connectivity index (χ3v) is 3.91. The average molecular weight is 314 g/mol. The molecule has 1 N–H and O–H groups in total. The molecule has 1 aromatic carbocycles. The first-order valence-electron chi connectivity index (χ1n) is 5.42. The fraction of sp³-hybridized carbons (Fsp3) is 0.231. The van der Waals surface area contributed by atoms with Crippen LogP contribution in [0, 0.1) is 5.82 Å². The van der Waals surface area contributed by atoms with Crippen LogP contribution in [0.15, 0.2) is 39.5 Å². The van der Waals surface area contributed by atoms with E-state index in [1.165, 1.54) is 5.56 Å². The Kier molecular flexibility index (Phi) is 4.31. The van der Waals surface area contributed by atoms with Crippen LogP contribution in [-0.2, 0) is 0 Å². The molecule has 0 saturated carbocycles. The number of benzene rings is 1. The minimum absolute atomic E-state index is 0.0637. The van der Waals surface area contributed by atoms with Crippen molar-refractivity contribution in [1.29, 1.82) is 0 Å². The van der Waals surface area contributed by atoms with E-state index in [0.29, 0.717) is 4.47 Å². The zero-order valence-corrected chi connectivity index (χ0v) is 11.8. The van der Waals surface area contributed by atoms with Crippen LogP contribution < -0.4 is 5.32 Å². The molecule has 1 atom stereocenters. The molecule has 4 heteroatoms. The van der Waals surface area contributed by atoms with E-state index in [2.05, 4.69) is 39.6 Å². The monoisotopic (exact) mass is 313 g/mol. The van der Waals surface area contributed by atoms with Crippen molar-refractivity contribution in [3.05, 3.63) is 56.4 Å². The van der Waals surface area contributed by atoms with Crippen LogP contribution in [0.5, 0.6) is 0 Å². The lowest BCUT2D eigenvalue weighted by molar-refractivity contribution is 0.599. The van der Waals surface area contributed by atoms with Crippen LogP contribution in [0.2, 0.25) is 0 Å². The first kappa shape index (κ1) is 12.7. The molecule has 0 radical (unpaired) electrons. The summed E-state index contributed by atoms with van der Waals surface area (Å²) in [6, 6.07) is 7.40. The van der Waals surface area contributed by atoms with Crippen LogP contribution in [0.3, 0.4) is 0 Å². The number of hydrogen-bond donors (Lipinski definition) is 1. The predicted octanol–water partition coefficient (Wildman–Crippen LogP) is 4.35. The Morgan fingerprint density at radius 2 is 2.18 bits per heavy atom. The molecule has 2 aromatic rings. The molecule has 2 rings (SSSR count). The Balaban J connectivity index is 2.35. The summed E-state index contributed by atoms with van der Waals surface area (Å²) in [6.07, 6.45) is 0. The highest BCUT2D eigenvalue weighted by molar-refractivity contribution is 9.10. The van der Waals surface area contributed by atoms with Crippen LogP contribution in [-0.4, -0.2) is 6.54 Å². The lowest BCUT2D eigenvalue weighted by Gasteiger charge is -2.17. The Hall–Kier alpha value is -0.710. The van der Waals surface area contributed by atoms with Gasteiger partial charge in [-0.3, -0.25) is 0 Å². The summed E-state index contributed by atoms with van der Waals surface area (Å²) in [4.78, 5) is 0. The molecule has 0 aliphatic carbocycles. The predicted molar refractivity (Wildman–Crippen MR) is 73.9 cm³/mol. The van der Waals surface area contributed by atoms with Crippen molar-refractivity contribution in [2.75, 3.05) is 6.54 Å². The molecule has 0 amide bonds. The van der Waals surface area contributed by atoms with Gasteiger partial charge in [-0.1, -0.05) is 13.0 Å². The van der Waals surface area contributed by atoms with Crippen LogP contribution in [0.4, 0.5) is 4.39 Å². The van der Waals surface area contributed by atoms with Crippen LogP contribution in [0.25, 0.3) is 0 Å². The highest BCUT2D eigenvalue weighted by Gasteiger charge is 2.14. The first-order valence-corrected chi connectivity index (χ1v) is 7.16. The summed E-state index contributed by atoms with van der Waals surface area (Å²) in [5.41, 5.74) is 2.13. The van der Waals surface area contributed by atoms with E-state index in [4.69, 9.17) is 0 Å². The van der Waals surface area contributed by atoms with E-state index < -0.39 is 0 Å². The van der Waals surface area contributed by atoms with Gasteiger partial charge in [-0.2, -0.15) is 11.3 Å². The molecule has 0 saturated heterocycles. The van der Waals surface area contributed by atoms with Gasteiger partial charge in [0.2, 0.25) is 0 Å². The Labute approximate surface area is 113 Å². The molecular weight excluding hydrogens is 301 g/mol. The van der Waals surface area contributed by atoms with E-state index >= 15 is 0 Å². The third-order valence-electron chi connectivity index (χ3n) is 2.56. The summed E-state index contributed by atoms with van der Waals surface area (Å²) < 4.78 is 14.1. The zero-order valence-electron chi connectivity index (χ0n) is 9.41. The maximum absolute atomic E-state index is 13.5. The second-order valence-corrected chi connectivity index (χ2v) is 5.36. The molecule has 1 nitrogen and oxygen atoms in total. The van der Waals surface area contributed by atoms with Gasteiger partial charge in [0.05, 0.1) is 10.5 Å². The SMILES string of the molecule is CCNC(c1ccsc1)c1ccc(Br)c(F)c1. The first-order chi connectivity index (χ1) is 8.22. The van der Waals surface area contributed by atoms with Gasteiger partial charge < -0.3 is 5.32 Å². The maximum atomic E-state index is 13.5. The van der Waals surface area contributed by atoms with Gasteiger partial charge in [0.25, 0.3) is 0 Å². The average Bonchev–Trinajstić information content (AvgIpc) is 2.83. The summed E-state index contributed by atoms with van der Waals surface area (Å²) in [6.45, 7) is 2.90. The van der Waals surface area contributed by atoms with Crippen molar-refractivity contribution in [3.8, 4) is 0 Å². The van der Waals surface area contributed by atoms with Crippen molar-refractivity contribution >= 4 is 27.3 Å². The van der Waals surface area contributed by atoms with E-state index in [-0.39, 0.29) is 11.9 Å². The molecule has 0 bridgehead atoms. The Morgan fingerprint density at radius 3 is 2.76 bits per heavy atom. The minimum atomic E-state index is -0.222. The number of thiophene rings is 1. The largest absolute Gasteiger partial charge is 0.307 e. The van der Waals surface area contributed by atoms with Crippen molar-refractivity contribution in [1.82, 2.24) is 5.32 Å². The molecule has 90 valence electrons. The van der Waals surface area contributed by atoms with Crippen LogP contribution in [0.1, 0.15) is 24.1 Å². The highest BCUT2D eigenvalue weighted by atomic mass is 79.9. The van der Waals surface area contributed by atoms with Crippen molar-refractivity contribution in [2.45, 2.75) is 13.0 Å². The van der Waals surface area contributed by atoms with Crippen molar-refractivity contribution in [2.24, 2.45) is 0 Å². The number of hydrogen-bond acceptors (Lipinski definition) is 2. The highest BCUT2D eigenvalue weighted by Crippen LogP contribution is 2.26. The fourth-order valence-electron chi connectivity index (χ4n) is 1.76. The standard InChI is InChI=1S/C13H13BrFNS/c1-2-16-13(10-5-6-17-8-10)9-3-4-11(14)12(15)7-9/h3-8,13,16H,2H2,1H3. The normalized spacial score (nSPS) is 12.6. The van der Waals surface area contributed by atoms with Crippen molar-refractivity contribution in [3.63, 3.8) is 0 Å². The smallest absolute Gasteiger partial charge is 0.137 e. The summed E-state index contributed by atoms with van der Waals surface area (Å²) in [5.74, 6) is -0.222. The topological polar surface area (TPSA) is 12.0 Å². The van der Waals surface area contributed by atoms with Gasteiger partial charge in [-0.15, -0.1) is 0 Å². The second-order valence-electron chi connectivity index (χ2n) is 3.72. The van der Waals surface area contributed by atoms with Gasteiger partial charge in [-0.05, 0) is 62.6 Å². The number of halogens is 2. The van der Waals surface area contributed by atoms with Crippen LogP contribution >= 0.6 is 27.3 Å². The second kappa shape index (κ2) is 5.76. The fourth-order valence-corrected chi connectivity index (χ4v) is 2.70. The molecule has 1 aromatic heterocycles. The van der Waals surface area contributed by atoms with E-state index in [9.17, 15) is 4.39 Å². The van der Waals surface area contributed by atoms with E-state index in [0.717, 1.165) is 12.1 Å². The van der Waals surface area contributed by atoms with Gasteiger partial charge in [-0.25, -0.2) is 4.39 Å². The maximum Gasteiger partial charge on any atom is 0.137 e. The lowest BCUT2D eigenvalue weighted by Crippen LogP contribution is -2.21. The quantitative estimate of drug-likeness (QED) is 0.885. The van der Waals surface area contributed by atoms with E-state index in [1.54, 1.807) is 23.5 Å². The zero-order chi connectivity index (χ0) is 12.3. The minimum Gasteiger partial charge on any atom is -0.307 e. The Bertz CT molecular complexity index is 484. The molecule has 17 heavy (non-hydrogen) atoms. The molecule has 1 heterocycles. The summed E-state index contributed by atoms with van der Waals surface area (Å²) in [5, 5.41) is 7.50. The molecule has 0 spiro atoms. The third kappa shape index (κ3) is 2.94. The lowest BCUT2D eigenvalue weighted by atomic mass is 10.0. The molecule has 0 aliphatic heterocycles. The summed E-state index contributed by atoms with van der Waals surface area (Å²) >= 11 is 4.83. The van der Waals surface area contributed by atoms with Gasteiger partial charge in [0, 0.05) is 0 Å². The molecular formula is C13H13BrFNS. The number of nitrogens with one attached hydrogen (secondary N) is 1. The number of rotatable bonds is 4. The molecule has 1 unspecified atom stereocenters.